The Morgan fingerprint density at radius 3 is 2.37 bits per heavy atom. The zero-order valence-corrected chi connectivity index (χ0v) is 12.8. The van der Waals surface area contributed by atoms with E-state index in [2.05, 4.69) is 68.4 Å². The Bertz CT molecular complexity index is 376. The van der Waals surface area contributed by atoms with Gasteiger partial charge in [-0.25, -0.2) is 0 Å². The van der Waals surface area contributed by atoms with Gasteiger partial charge in [0.2, 0.25) is 0 Å². The highest BCUT2D eigenvalue weighted by Crippen LogP contribution is 2.32. The summed E-state index contributed by atoms with van der Waals surface area (Å²) in [5.41, 5.74) is 1.59. The van der Waals surface area contributed by atoms with E-state index in [-0.39, 0.29) is 5.54 Å². The molecule has 0 saturated heterocycles. The van der Waals surface area contributed by atoms with Crippen molar-refractivity contribution in [2.45, 2.75) is 45.2 Å². The van der Waals surface area contributed by atoms with Crippen LogP contribution in [0.15, 0.2) is 30.3 Å². The first-order chi connectivity index (χ1) is 8.96. The summed E-state index contributed by atoms with van der Waals surface area (Å²) >= 11 is 0. The van der Waals surface area contributed by atoms with E-state index in [0.29, 0.717) is 6.04 Å². The van der Waals surface area contributed by atoms with Crippen molar-refractivity contribution in [3.05, 3.63) is 35.9 Å². The molecule has 1 saturated carbocycles. The summed E-state index contributed by atoms with van der Waals surface area (Å²) in [7, 11) is 2.26. The molecule has 2 rings (SSSR count). The third-order valence-electron chi connectivity index (χ3n) is 3.79. The average Bonchev–Trinajstić information content (AvgIpc) is 3.13. The summed E-state index contributed by atoms with van der Waals surface area (Å²) in [5, 5.41) is 3.65. The zero-order valence-electron chi connectivity index (χ0n) is 12.8. The minimum absolute atomic E-state index is 0.174. The number of nitrogens with zero attached hydrogens (tertiary/aromatic N) is 1. The molecule has 0 spiro atoms. The Kier molecular flexibility index (Phi) is 4.64. The van der Waals surface area contributed by atoms with Gasteiger partial charge >= 0.3 is 0 Å². The molecule has 106 valence electrons. The molecule has 0 amide bonds. The molecule has 2 nitrogen and oxygen atoms in total. The normalized spacial score (nSPS) is 17.7. The third-order valence-corrected chi connectivity index (χ3v) is 3.79. The molecule has 1 atom stereocenters. The molecule has 1 aliphatic rings. The SMILES string of the molecule is CN(CC1CC1)C(CNC(C)(C)C)c1ccccc1. The van der Waals surface area contributed by atoms with Crippen molar-refractivity contribution >= 4 is 0 Å². The number of nitrogens with one attached hydrogen (secondary N) is 1. The number of hydrogen-bond donors (Lipinski definition) is 1. The van der Waals surface area contributed by atoms with E-state index in [0.717, 1.165) is 12.5 Å². The zero-order chi connectivity index (χ0) is 13.9. The van der Waals surface area contributed by atoms with E-state index in [1.54, 1.807) is 0 Å². The maximum atomic E-state index is 3.65. The lowest BCUT2D eigenvalue weighted by molar-refractivity contribution is 0.216. The van der Waals surface area contributed by atoms with Gasteiger partial charge in [0.25, 0.3) is 0 Å². The third kappa shape index (κ3) is 4.96. The second-order valence-corrected chi connectivity index (χ2v) is 6.94. The molecule has 0 heterocycles. The topological polar surface area (TPSA) is 15.3 Å². The fraction of sp³-hybridized carbons (Fsp3) is 0.647. The van der Waals surface area contributed by atoms with Crippen LogP contribution in [0.5, 0.6) is 0 Å². The molecule has 1 aromatic carbocycles. The number of rotatable bonds is 6. The van der Waals surface area contributed by atoms with Gasteiger partial charge in [0, 0.05) is 24.7 Å². The predicted molar refractivity (Wildman–Crippen MR) is 82.3 cm³/mol. The van der Waals surface area contributed by atoms with Gasteiger partial charge < -0.3 is 5.32 Å². The minimum atomic E-state index is 0.174. The van der Waals surface area contributed by atoms with Gasteiger partial charge in [-0.15, -0.1) is 0 Å². The highest BCUT2D eigenvalue weighted by molar-refractivity contribution is 5.19. The first kappa shape index (κ1) is 14.5. The molecule has 0 aliphatic heterocycles. The van der Waals surface area contributed by atoms with Gasteiger partial charge in [-0.05, 0) is 52.1 Å². The Morgan fingerprint density at radius 2 is 1.84 bits per heavy atom. The fourth-order valence-corrected chi connectivity index (χ4v) is 2.44. The van der Waals surface area contributed by atoms with Crippen molar-refractivity contribution in [2.75, 3.05) is 20.1 Å². The first-order valence-electron chi connectivity index (χ1n) is 7.46. The monoisotopic (exact) mass is 260 g/mol. The summed E-state index contributed by atoms with van der Waals surface area (Å²) in [6.07, 6.45) is 2.83. The highest BCUT2D eigenvalue weighted by Gasteiger charge is 2.27. The van der Waals surface area contributed by atoms with Crippen LogP contribution >= 0.6 is 0 Å². The van der Waals surface area contributed by atoms with Crippen LogP contribution in [-0.2, 0) is 0 Å². The lowest BCUT2D eigenvalue weighted by atomic mass is 10.0. The van der Waals surface area contributed by atoms with E-state index >= 15 is 0 Å². The van der Waals surface area contributed by atoms with Gasteiger partial charge in [-0.3, -0.25) is 4.90 Å². The van der Waals surface area contributed by atoms with Crippen LogP contribution in [-0.4, -0.2) is 30.6 Å². The molecule has 0 aromatic heterocycles. The van der Waals surface area contributed by atoms with Gasteiger partial charge in [0.1, 0.15) is 0 Å². The Morgan fingerprint density at radius 1 is 1.21 bits per heavy atom. The highest BCUT2D eigenvalue weighted by atomic mass is 15.2. The Hall–Kier alpha value is -0.860. The van der Waals surface area contributed by atoms with Crippen molar-refractivity contribution < 1.29 is 0 Å². The Labute approximate surface area is 118 Å². The maximum absolute atomic E-state index is 3.65. The van der Waals surface area contributed by atoms with Crippen LogP contribution in [0, 0.1) is 5.92 Å². The van der Waals surface area contributed by atoms with Crippen LogP contribution in [0.2, 0.25) is 0 Å². The molecular weight excluding hydrogens is 232 g/mol. The van der Waals surface area contributed by atoms with E-state index in [9.17, 15) is 0 Å². The van der Waals surface area contributed by atoms with Crippen LogP contribution < -0.4 is 5.32 Å². The van der Waals surface area contributed by atoms with Crippen molar-refractivity contribution in [3.63, 3.8) is 0 Å². The lowest BCUT2D eigenvalue weighted by Gasteiger charge is -2.32. The lowest BCUT2D eigenvalue weighted by Crippen LogP contribution is -2.42. The molecule has 1 fully saturated rings. The summed E-state index contributed by atoms with van der Waals surface area (Å²) < 4.78 is 0. The second-order valence-electron chi connectivity index (χ2n) is 6.94. The molecule has 1 aromatic rings. The molecule has 0 radical (unpaired) electrons. The molecule has 1 aliphatic carbocycles. The molecular formula is C17H28N2. The van der Waals surface area contributed by atoms with E-state index in [4.69, 9.17) is 0 Å². The number of benzene rings is 1. The standard InChI is InChI=1S/C17H28N2/c1-17(2,3)18-12-16(15-8-6-5-7-9-15)19(4)13-14-10-11-14/h5-9,14,16,18H,10-13H2,1-4H3. The van der Waals surface area contributed by atoms with Gasteiger partial charge in [-0.1, -0.05) is 30.3 Å². The average molecular weight is 260 g/mol. The van der Waals surface area contributed by atoms with Gasteiger partial charge in [-0.2, -0.15) is 0 Å². The number of hydrogen-bond acceptors (Lipinski definition) is 2. The van der Waals surface area contributed by atoms with Crippen molar-refractivity contribution in [1.29, 1.82) is 0 Å². The van der Waals surface area contributed by atoms with Gasteiger partial charge in [0.05, 0.1) is 0 Å². The van der Waals surface area contributed by atoms with Crippen molar-refractivity contribution in [1.82, 2.24) is 10.2 Å². The quantitative estimate of drug-likeness (QED) is 0.842. The predicted octanol–water partition coefficient (Wildman–Crippen LogP) is 3.46. The molecule has 1 N–H and O–H groups in total. The van der Waals surface area contributed by atoms with Crippen LogP contribution in [0.3, 0.4) is 0 Å². The van der Waals surface area contributed by atoms with Crippen molar-refractivity contribution in [2.24, 2.45) is 5.92 Å². The van der Waals surface area contributed by atoms with Crippen LogP contribution in [0.1, 0.15) is 45.2 Å². The molecule has 1 unspecified atom stereocenters. The Balaban J connectivity index is 2.03. The van der Waals surface area contributed by atoms with E-state index < -0.39 is 0 Å². The molecule has 0 bridgehead atoms. The smallest absolute Gasteiger partial charge is 0.0469 e. The number of likely N-dealkylation sites (N-methyl/N-ethyl adjacent to an activating group) is 1. The summed E-state index contributed by atoms with van der Waals surface area (Å²) in [5.74, 6) is 0.936. The summed E-state index contributed by atoms with van der Waals surface area (Å²) in [6, 6.07) is 11.4. The summed E-state index contributed by atoms with van der Waals surface area (Å²) in [6.45, 7) is 8.93. The second kappa shape index (κ2) is 6.06. The fourth-order valence-electron chi connectivity index (χ4n) is 2.44. The van der Waals surface area contributed by atoms with Crippen LogP contribution in [0.25, 0.3) is 0 Å². The van der Waals surface area contributed by atoms with Gasteiger partial charge in [0.15, 0.2) is 0 Å². The van der Waals surface area contributed by atoms with Crippen molar-refractivity contribution in [3.8, 4) is 0 Å². The van der Waals surface area contributed by atoms with E-state index in [1.165, 1.54) is 24.9 Å². The first-order valence-corrected chi connectivity index (χ1v) is 7.46. The summed E-state index contributed by atoms with van der Waals surface area (Å²) in [4.78, 5) is 2.52. The maximum Gasteiger partial charge on any atom is 0.0469 e. The molecule has 19 heavy (non-hydrogen) atoms. The van der Waals surface area contributed by atoms with Crippen LogP contribution in [0.4, 0.5) is 0 Å². The minimum Gasteiger partial charge on any atom is -0.310 e. The largest absolute Gasteiger partial charge is 0.310 e. The molecule has 2 heteroatoms. The van der Waals surface area contributed by atoms with E-state index in [1.807, 2.05) is 0 Å².